The molecular formula is C21H23FN6OS. The Morgan fingerprint density at radius 1 is 1.30 bits per heavy atom. The molecule has 1 aliphatic carbocycles. The SMILES string of the molecule is CCc1ccnnc1OC1CCC(c2cc(Nc3ccc4c(c3F)CNS4)n[nH]2)C1. The van der Waals surface area contributed by atoms with Gasteiger partial charge >= 0.3 is 0 Å². The van der Waals surface area contributed by atoms with E-state index in [1.54, 1.807) is 12.3 Å². The topological polar surface area (TPSA) is 87.8 Å². The van der Waals surface area contributed by atoms with Gasteiger partial charge in [-0.15, -0.1) is 5.10 Å². The molecule has 1 saturated carbocycles. The number of anilines is 2. The lowest BCUT2D eigenvalue weighted by Crippen LogP contribution is -2.14. The van der Waals surface area contributed by atoms with Gasteiger partial charge in [0.15, 0.2) is 11.6 Å². The van der Waals surface area contributed by atoms with E-state index in [4.69, 9.17) is 4.74 Å². The van der Waals surface area contributed by atoms with Gasteiger partial charge in [-0.05, 0) is 55.8 Å². The van der Waals surface area contributed by atoms with Crippen LogP contribution >= 0.6 is 11.9 Å². The van der Waals surface area contributed by atoms with Gasteiger partial charge in [0.25, 0.3) is 0 Å². The van der Waals surface area contributed by atoms with Crippen molar-refractivity contribution in [2.45, 2.75) is 56.1 Å². The predicted molar refractivity (Wildman–Crippen MR) is 113 cm³/mol. The van der Waals surface area contributed by atoms with Crippen LogP contribution in [0.2, 0.25) is 0 Å². The summed E-state index contributed by atoms with van der Waals surface area (Å²) in [5.74, 6) is 1.36. The first kappa shape index (κ1) is 19.3. The molecule has 3 heterocycles. The predicted octanol–water partition coefficient (Wildman–Crippen LogP) is 4.47. The molecule has 0 amide bonds. The molecule has 0 saturated heterocycles. The summed E-state index contributed by atoms with van der Waals surface area (Å²) in [6.07, 6.45) is 5.51. The second-order valence-corrected chi connectivity index (χ2v) is 8.56. The van der Waals surface area contributed by atoms with E-state index in [2.05, 4.69) is 37.4 Å². The van der Waals surface area contributed by atoms with E-state index in [0.717, 1.165) is 41.8 Å². The number of hydrogen-bond acceptors (Lipinski definition) is 7. The Kier molecular flexibility index (Phi) is 5.30. The third kappa shape index (κ3) is 3.75. The number of fused-ring (bicyclic) bond motifs is 1. The number of ether oxygens (including phenoxy) is 1. The lowest BCUT2D eigenvalue weighted by molar-refractivity contribution is 0.195. The molecule has 156 valence electrons. The number of H-pyrrole nitrogens is 1. The van der Waals surface area contributed by atoms with E-state index in [9.17, 15) is 4.39 Å². The van der Waals surface area contributed by atoms with E-state index in [1.165, 1.54) is 11.9 Å². The second kappa shape index (κ2) is 8.23. The van der Waals surface area contributed by atoms with Crippen molar-refractivity contribution in [2.24, 2.45) is 0 Å². The van der Waals surface area contributed by atoms with Gasteiger partial charge in [-0.3, -0.25) is 9.82 Å². The molecule has 30 heavy (non-hydrogen) atoms. The van der Waals surface area contributed by atoms with Crippen molar-refractivity contribution in [2.75, 3.05) is 5.32 Å². The number of hydrogen-bond donors (Lipinski definition) is 3. The minimum Gasteiger partial charge on any atom is -0.473 e. The molecule has 2 atom stereocenters. The number of benzene rings is 1. The van der Waals surface area contributed by atoms with Crippen molar-refractivity contribution < 1.29 is 9.13 Å². The normalized spacial score (nSPS) is 20.3. The molecule has 0 bridgehead atoms. The zero-order valence-corrected chi connectivity index (χ0v) is 17.4. The molecule has 2 aliphatic rings. The van der Waals surface area contributed by atoms with Gasteiger partial charge in [0.1, 0.15) is 6.10 Å². The van der Waals surface area contributed by atoms with E-state index in [0.29, 0.717) is 35.4 Å². The molecule has 2 unspecified atom stereocenters. The van der Waals surface area contributed by atoms with Crippen LogP contribution in [-0.4, -0.2) is 26.5 Å². The van der Waals surface area contributed by atoms with E-state index in [1.807, 2.05) is 18.2 Å². The Morgan fingerprint density at radius 3 is 3.13 bits per heavy atom. The van der Waals surface area contributed by atoms with Gasteiger partial charge in [0.05, 0.1) is 11.9 Å². The highest BCUT2D eigenvalue weighted by molar-refractivity contribution is 7.97. The molecule has 0 radical (unpaired) electrons. The molecule has 2 aromatic heterocycles. The quantitative estimate of drug-likeness (QED) is 0.501. The Labute approximate surface area is 178 Å². The standard InChI is InChI=1S/C21H23FN6OS/c1-2-12-7-8-23-28-21(12)29-14-4-3-13(9-14)17-10-19(27-26-17)25-16-5-6-18-15(20(16)22)11-24-30-18/h5-8,10,13-14,24H,2-4,9,11H2,1H3,(H2,25,26,27). The molecular weight excluding hydrogens is 403 g/mol. The zero-order valence-electron chi connectivity index (χ0n) is 16.6. The summed E-state index contributed by atoms with van der Waals surface area (Å²) in [4.78, 5) is 0.937. The first-order valence-corrected chi connectivity index (χ1v) is 11.0. The van der Waals surface area contributed by atoms with Crippen LogP contribution in [0.4, 0.5) is 15.9 Å². The number of aromatic amines is 1. The molecule has 3 N–H and O–H groups in total. The largest absolute Gasteiger partial charge is 0.473 e. The second-order valence-electron chi connectivity index (χ2n) is 7.63. The van der Waals surface area contributed by atoms with Crippen molar-refractivity contribution in [3.05, 3.63) is 53.1 Å². The van der Waals surface area contributed by atoms with E-state index >= 15 is 0 Å². The highest BCUT2D eigenvalue weighted by Gasteiger charge is 2.29. The minimum absolute atomic E-state index is 0.107. The number of aryl methyl sites for hydroxylation is 1. The minimum atomic E-state index is -0.223. The van der Waals surface area contributed by atoms with Gasteiger partial charge in [-0.1, -0.05) is 6.92 Å². The van der Waals surface area contributed by atoms with Crippen LogP contribution in [0.1, 0.15) is 48.9 Å². The first-order valence-electron chi connectivity index (χ1n) is 10.2. The molecule has 1 aromatic carbocycles. The fourth-order valence-electron chi connectivity index (χ4n) is 4.09. The van der Waals surface area contributed by atoms with Gasteiger partial charge in [-0.2, -0.15) is 10.2 Å². The summed E-state index contributed by atoms with van der Waals surface area (Å²) >= 11 is 1.46. The molecule has 7 nitrogen and oxygen atoms in total. The van der Waals surface area contributed by atoms with Crippen molar-refractivity contribution in [1.29, 1.82) is 0 Å². The van der Waals surface area contributed by atoms with Crippen molar-refractivity contribution in [3.63, 3.8) is 0 Å². The molecule has 5 rings (SSSR count). The lowest BCUT2D eigenvalue weighted by atomic mass is 10.0. The molecule has 9 heteroatoms. The average Bonchev–Trinajstić information content (AvgIpc) is 3.51. The lowest BCUT2D eigenvalue weighted by Gasteiger charge is -2.14. The smallest absolute Gasteiger partial charge is 0.236 e. The maximum absolute atomic E-state index is 14.7. The van der Waals surface area contributed by atoms with Crippen LogP contribution in [0, 0.1) is 5.82 Å². The monoisotopic (exact) mass is 426 g/mol. The number of nitrogens with one attached hydrogen (secondary N) is 3. The first-order chi connectivity index (χ1) is 14.7. The number of aromatic nitrogens is 4. The van der Waals surface area contributed by atoms with E-state index in [-0.39, 0.29) is 11.9 Å². The molecule has 0 spiro atoms. The zero-order chi connectivity index (χ0) is 20.5. The molecule has 1 fully saturated rings. The maximum atomic E-state index is 14.7. The maximum Gasteiger partial charge on any atom is 0.236 e. The van der Waals surface area contributed by atoms with Crippen molar-refractivity contribution in [3.8, 4) is 5.88 Å². The summed E-state index contributed by atoms with van der Waals surface area (Å²) in [5.41, 5.74) is 3.26. The van der Waals surface area contributed by atoms with Crippen LogP contribution in [0.25, 0.3) is 0 Å². The highest BCUT2D eigenvalue weighted by Crippen LogP contribution is 2.37. The summed E-state index contributed by atoms with van der Waals surface area (Å²) in [6.45, 7) is 2.61. The Balaban J connectivity index is 1.24. The number of rotatable bonds is 6. The fraction of sp³-hybridized carbons (Fsp3) is 0.381. The summed E-state index contributed by atoms with van der Waals surface area (Å²) < 4.78 is 23.9. The Morgan fingerprint density at radius 2 is 2.23 bits per heavy atom. The van der Waals surface area contributed by atoms with Crippen LogP contribution < -0.4 is 14.8 Å². The Hall–Kier alpha value is -2.65. The number of halogens is 1. The van der Waals surface area contributed by atoms with Crippen molar-refractivity contribution in [1.82, 2.24) is 25.1 Å². The Bertz CT molecular complexity index is 1060. The average molecular weight is 427 g/mol. The van der Waals surface area contributed by atoms with Crippen LogP contribution in [0.15, 0.2) is 35.4 Å². The van der Waals surface area contributed by atoms with Gasteiger partial charge in [-0.25, -0.2) is 4.39 Å². The fourth-order valence-corrected chi connectivity index (χ4v) is 4.89. The number of nitrogens with zero attached hydrogens (tertiary/aromatic N) is 3. The van der Waals surface area contributed by atoms with Gasteiger partial charge < -0.3 is 10.1 Å². The third-order valence-corrected chi connectivity index (χ3v) is 6.63. The van der Waals surface area contributed by atoms with Crippen LogP contribution in [0.3, 0.4) is 0 Å². The summed E-state index contributed by atoms with van der Waals surface area (Å²) in [6, 6.07) is 7.60. The molecule has 1 aliphatic heterocycles. The van der Waals surface area contributed by atoms with Gasteiger partial charge in [0.2, 0.25) is 5.88 Å². The van der Waals surface area contributed by atoms with Crippen LogP contribution in [-0.2, 0) is 13.0 Å². The van der Waals surface area contributed by atoms with E-state index < -0.39 is 0 Å². The molecule has 3 aromatic rings. The van der Waals surface area contributed by atoms with Crippen LogP contribution in [0.5, 0.6) is 5.88 Å². The summed E-state index contributed by atoms with van der Waals surface area (Å²) in [5, 5.41) is 18.7. The third-order valence-electron chi connectivity index (χ3n) is 5.74. The van der Waals surface area contributed by atoms with Gasteiger partial charge in [0, 0.05) is 40.2 Å². The van der Waals surface area contributed by atoms with Crippen molar-refractivity contribution >= 4 is 23.5 Å². The highest BCUT2D eigenvalue weighted by atomic mass is 32.2. The summed E-state index contributed by atoms with van der Waals surface area (Å²) in [7, 11) is 0.